The Hall–Kier alpha value is -3.45. The van der Waals surface area contributed by atoms with E-state index in [0.29, 0.717) is 0 Å². The number of amides is 2. The Kier molecular flexibility index (Phi) is 5.36. The van der Waals surface area contributed by atoms with Gasteiger partial charge in [-0.2, -0.15) is 0 Å². The SMILES string of the molecule is C=C1NC(=O)C2(Cc3cc(-c4nnc(C(=O)OC)s4)c(F)c(F)c3N3CC(C)OC(C)[C@H]32)C(=O)N1. The van der Waals surface area contributed by atoms with Gasteiger partial charge in [-0.25, -0.2) is 13.6 Å². The molecule has 1 spiro atoms. The lowest BCUT2D eigenvalue weighted by molar-refractivity contribution is -0.154. The van der Waals surface area contributed by atoms with Crippen molar-refractivity contribution in [2.24, 2.45) is 5.41 Å². The molecule has 35 heavy (non-hydrogen) atoms. The van der Waals surface area contributed by atoms with Gasteiger partial charge in [0.1, 0.15) is 5.82 Å². The highest BCUT2D eigenvalue weighted by molar-refractivity contribution is 7.16. The lowest BCUT2D eigenvalue weighted by Gasteiger charge is -2.55. The van der Waals surface area contributed by atoms with E-state index in [1.54, 1.807) is 18.7 Å². The molecular weight excluding hydrogens is 484 g/mol. The number of carbonyl (C=O) groups excluding carboxylic acids is 3. The molecule has 3 aliphatic heterocycles. The molecule has 0 radical (unpaired) electrons. The summed E-state index contributed by atoms with van der Waals surface area (Å²) in [5, 5.41) is 12.5. The first kappa shape index (κ1) is 23.3. The molecule has 2 aromatic rings. The number of aromatic nitrogens is 2. The number of ether oxygens (including phenoxy) is 2. The third-order valence-electron chi connectivity index (χ3n) is 6.56. The van der Waals surface area contributed by atoms with Gasteiger partial charge in [0.15, 0.2) is 22.1 Å². The largest absolute Gasteiger partial charge is 0.464 e. The topological polar surface area (TPSA) is 123 Å². The Bertz CT molecular complexity index is 1280. The third kappa shape index (κ3) is 3.32. The molecule has 2 fully saturated rings. The van der Waals surface area contributed by atoms with E-state index in [-0.39, 0.29) is 51.7 Å². The highest BCUT2D eigenvalue weighted by atomic mass is 32.1. The van der Waals surface area contributed by atoms with Crippen molar-refractivity contribution < 1.29 is 32.6 Å². The summed E-state index contributed by atoms with van der Waals surface area (Å²) in [6.07, 6.45) is -1.24. The van der Waals surface area contributed by atoms with Crippen molar-refractivity contribution >= 4 is 34.8 Å². The van der Waals surface area contributed by atoms with Gasteiger partial charge in [0.25, 0.3) is 0 Å². The first-order valence-electron chi connectivity index (χ1n) is 10.8. The van der Waals surface area contributed by atoms with Crippen LogP contribution in [0.2, 0.25) is 0 Å². The van der Waals surface area contributed by atoms with Gasteiger partial charge in [0.05, 0.1) is 36.6 Å². The number of nitrogens with one attached hydrogen (secondary N) is 2. The molecule has 0 saturated carbocycles. The van der Waals surface area contributed by atoms with Crippen molar-refractivity contribution in [3.8, 4) is 10.6 Å². The molecular formula is C22H21F2N5O5S. The minimum atomic E-state index is -1.69. The molecule has 184 valence electrons. The Morgan fingerprint density at radius 3 is 2.60 bits per heavy atom. The molecule has 3 aliphatic rings. The zero-order chi connectivity index (χ0) is 25.2. The molecule has 2 amide bonds. The number of hydrogen-bond acceptors (Lipinski definition) is 9. The second-order valence-electron chi connectivity index (χ2n) is 8.75. The molecule has 0 aliphatic carbocycles. The minimum Gasteiger partial charge on any atom is -0.464 e. The van der Waals surface area contributed by atoms with Gasteiger partial charge in [0.2, 0.25) is 16.8 Å². The molecule has 1 aromatic carbocycles. The third-order valence-corrected chi connectivity index (χ3v) is 7.49. The maximum Gasteiger partial charge on any atom is 0.369 e. The zero-order valence-corrected chi connectivity index (χ0v) is 19.8. The van der Waals surface area contributed by atoms with E-state index >= 15 is 8.78 Å². The van der Waals surface area contributed by atoms with Crippen molar-refractivity contribution in [1.82, 2.24) is 20.8 Å². The average molecular weight is 506 g/mol. The van der Waals surface area contributed by atoms with Crippen molar-refractivity contribution in [1.29, 1.82) is 0 Å². The van der Waals surface area contributed by atoms with Gasteiger partial charge in [-0.15, -0.1) is 10.2 Å². The standard InChI is InChI=1S/C22H21F2N5O5S/c1-8-7-29-15-11(5-12(13(23)14(15)24)17-27-28-18(35-17)19(30)33-4)6-22(16(29)9(2)34-8)20(31)25-10(3)26-21(22)32/h5,8-9,16H,3,6-7H2,1-2,4H3,(H,25,31)(H,26,32)/t8?,9?,16-/m0/s1. The maximum absolute atomic E-state index is 15.7. The number of rotatable bonds is 2. The molecule has 3 atom stereocenters. The number of carbonyl (C=O) groups is 3. The lowest BCUT2D eigenvalue weighted by Crippen LogP contribution is -2.74. The summed E-state index contributed by atoms with van der Waals surface area (Å²) in [6, 6.07) is 0.453. The van der Waals surface area contributed by atoms with Crippen LogP contribution in [-0.4, -0.2) is 59.9 Å². The van der Waals surface area contributed by atoms with Gasteiger partial charge in [0, 0.05) is 13.0 Å². The normalized spacial score (nSPS) is 25.0. The number of hydrogen-bond donors (Lipinski definition) is 2. The minimum absolute atomic E-state index is 0.0356. The number of methoxy groups -OCH3 is 1. The van der Waals surface area contributed by atoms with Gasteiger partial charge in [-0.1, -0.05) is 17.9 Å². The number of morpholine rings is 1. The second-order valence-corrected chi connectivity index (χ2v) is 9.73. The number of benzene rings is 1. The quantitative estimate of drug-likeness (QED) is 0.465. The van der Waals surface area contributed by atoms with Gasteiger partial charge in [-0.05, 0) is 25.5 Å². The van der Waals surface area contributed by atoms with Crippen molar-refractivity contribution in [3.63, 3.8) is 0 Å². The van der Waals surface area contributed by atoms with Crippen LogP contribution in [-0.2, 0) is 25.5 Å². The molecule has 4 heterocycles. The van der Waals surface area contributed by atoms with Crippen LogP contribution in [0.25, 0.3) is 10.6 Å². The fourth-order valence-corrected chi connectivity index (χ4v) is 6.03. The molecule has 2 saturated heterocycles. The summed E-state index contributed by atoms with van der Waals surface area (Å²) < 4.78 is 41.6. The Morgan fingerprint density at radius 1 is 1.26 bits per heavy atom. The number of halogens is 2. The van der Waals surface area contributed by atoms with Crippen LogP contribution in [0.4, 0.5) is 14.5 Å². The van der Waals surface area contributed by atoms with E-state index in [1.165, 1.54) is 6.07 Å². The Labute approximate surface area is 202 Å². The molecule has 5 rings (SSSR count). The van der Waals surface area contributed by atoms with E-state index in [9.17, 15) is 14.4 Å². The average Bonchev–Trinajstić information content (AvgIpc) is 3.28. The van der Waals surface area contributed by atoms with Gasteiger partial charge < -0.3 is 25.0 Å². The molecule has 2 unspecified atom stereocenters. The van der Waals surface area contributed by atoms with E-state index in [2.05, 4.69) is 32.1 Å². The smallest absolute Gasteiger partial charge is 0.369 e. The van der Waals surface area contributed by atoms with E-state index in [0.717, 1.165) is 18.4 Å². The number of anilines is 1. The number of fused-ring (bicyclic) bond motifs is 4. The highest BCUT2D eigenvalue weighted by Crippen LogP contribution is 2.49. The first-order chi connectivity index (χ1) is 16.6. The monoisotopic (exact) mass is 505 g/mol. The molecule has 10 nitrogen and oxygen atoms in total. The van der Waals surface area contributed by atoms with Gasteiger partial charge in [-0.3, -0.25) is 9.59 Å². The van der Waals surface area contributed by atoms with Crippen LogP contribution in [0.15, 0.2) is 18.5 Å². The number of nitrogens with zero attached hydrogens (tertiary/aromatic N) is 3. The predicted octanol–water partition coefficient (Wildman–Crippen LogP) is 1.51. The molecule has 0 bridgehead atoms. The van der Waals surface area contributed by atoms with E-state index in [4.69, 9.17) is 4.74 Å². The summed E-state index contributed by atoms with van der Waals surface area (Å²) in [7, 11) is 1.16. The summed E-state index contributed by atoms with van der Waals surface area (Å²) >= 11 is 0.737. The highest BCUT2D eigenvalue weighted by Gasteiger charge is 2.62. The fraction of sp³-hybridized carbons (Fsp3) is 0.409. The fourth-order valence-electron chi connectivity index (χ4n) is 5.26. The maximum atomic E-state index is 15.7. The van der Waals surface area contributed by atoms with Gasteiger partial charge >= 0.3 is 5.97 Å². The van der Waals surface area contributed by atoms with Crippen LogP contribution in [0, 0.1) is 17.0 Å². The second kappa shape index (κ2) is 8.05. The van der Waals surface area contributed by atoms with Crippen LogP contribution in [0.3, 0.4) is 0 Å². The van der Waals surface area contributed by atoms with E-state index in [1.807, 2.05) is 0 Å². The Morgan fingerprint density at radius 2 is 1.94 bits per heavy atom. The lowest BCUT2D eigenvalue weighted by atomic mass is 9.66. The summed E-state index contributed by atoms with van der Waals surface area (Å²) in [5.41, 5.74) is -1.72. The Balaban J connectivity index is 1.71. The summed E-state index contributed by atoms with van der Waals surface area (Å²) in [4.78, 5) is 40.0. The van der Waals surface area contributed by atoms with Crippen molar-refractivity contribution in [2.45, 2.75) is 38.5 Å². The van der Waals surface area contributed by atoms with E-state index < -0.39 is 47.0 Å². The predicted molar refractivity (Wildman–Crippen MR) is 119 cm³/mol. The van der Waals surface area contributed by atoms with Crippen molar-refractivity contribution in [3.05, 3.63) is 40.7 Å². The molecule has 13 heteroatoms. The van der Waals surface area contributed by atoms with Crippen LogP contribution < -0.4 is 15.5 Å². The van der Waals surface area contributed by atoms with Crippen LogP contribution in [0.1, 0.15) is 29.2 Å². The first-order valence-corrected chi connectivity index (χ1v) is 11.6. The van der Waals surface area contributed by atoms with Crippen molar-refractivity contribution in [2.75, 3.05) is 18.6 Å². The molecule has 1 aromatic heterocycles. The molecule has 2 N–H and O–H groups in total. The summed E-state index contributed by atoms with van der Waals surface area (Å²) in [6.45, 7) is 7.21. The van der Waals surface area contributed by atoms with Crippen LogP contribution in [0.5, 0.6) is 0 Å². The van der Waals surface area contributed by atoms with Crippen LogP contribution >= 0.6 is 11.3 Å². The number of esters is 1. The summed E-state index contributed by atoms with van der Waals surface area (Å²) in [5.74, 6) is -4.25. The zero-order valence-electron chi connectivity index (χ0n) is 19.0.